The first-order chi connectivity index (χ1) is 10.2. The van der Waals surface area contributed by atoms with E-state index in [2.05, 4.69) is 70.5 Å². The van der Waals surface area contributed by atoms with E-state index in [0.717, 1.165) is 6.42 Å². The first-order valence-electron chi connectivity index (χ1n) is 7.58. The number of pyridine rings is 1. The Morgan fingerprint density at radius 3 is 2.95 bits per heavy atom. The van der Waals surface area contributed by atoms with E-state index in [1.807, 2.05) is 6.20 Å². The Bertz CT molecular complexity index is 639. The first-order valence-corrected chi connectivity index (χ1v) is 8.37. The predicted molar refractivity (Wildman–Crippen MR) is 90.6 cm³/mol. The molecule has 0 saturated heterocycles. The van der Waals surface area contributed by atoms with Crippen molar-refractivity contribution in [3.05, 3.63) is 63.4 Å². The zero-order valence-corrected chi connectivity index (χ0v) is 14.2. The van der Waals surface area contributed by atoms with Crippen LogP contribution in [0.5, 0.6) is 0 Å². The van der Waals surface area contributed by atoms with Gasteiger partial charge in [0.15, 0.2) is 0 Å². The van der Waals surface area contributed by atoms with E-state index in [4.69, 9.17) is 0 Å². The normalized spacial score (nSPS) is 19.1. The number of aromatic nitrogens is 1. The van der Waals surface area contributed by atoms with E-state index >= 15 is 0 Å². The van der Waals surface area contributed by atoms with Crippen LogP contribution in [0.3, 0.4) is 0 Å². The zero-order chi connectivity index (χ0) is 14.8. The van der Waals surface area contributed by atoms with Crippen LogP contribution >= 0.6 is 15.9 Å². The molecule has 2 nitrogen and oxygen atoms in total. The number of hydrogen-bond acceptors (Lipinski definition) is 2. The highest BCUT2D eigenvalue weighted by Gasteiger charge is 2.29. The van der Waals surface area contributed by atoms with Gasteiger partial charge in [0, 0.05) is 28.3 Å². The Balaban J connectivity index is 1.99. The molecule has 1 aromatic heterocycles. The van der Waals surface area contributed by atoms with Crippen molar-refractivity contribution < 1.29 is 0 Å². The summed E-state index contributed by atoms with van der Waals surface area (Å²) in [6, 6.07) is 11.3. The summed E-state index contributed by atoms with van der Waals surface area (Å²) >= 11 is 3.59. The summed E-state index contributed by atoms with van der Waals surface area (Å²) in [5.41, 5.74) is 5.33. The van der Waals surface area contributed by atoms with Gasteiger partial charge in [0.25, 0.3) is 0 Å². The van der Waals surface area contributed by atoms with Crippen LogP contribution in [0.1, 0.15) is 47.2 Å². The van der Waals surface area contributed by atoms with Crippen LogP contribution < -0.4 is 5.32 Å². The van der Waals surface area contributed by atoms with Crippen molar-refractivity contribution >= 4 is 15.9 Å². The van der Waals surface area contributed by atoms with Gasteiger partial charge < -0.3 is 5.32 Å². The van der Waals surface area contributed by atoms with E-state index in [9.17, 15) is 0 Å². The fourth-order valence-corrected chi connectivity index (χ4v) is 3.68. The summed E-state index contributed by atoms with van der Waals surface area (Å²) in [4.78, 5) is 4.69. The maximum Gasteiger partial charge on any atom is 0.0485 e. The van der Waals surface area contributed by atoms with E-state index in [-0.39, 0.29) is 0 Å². The average Bonchev–Trinajstić information content (AvgIpc) is 2.52. The largest absolute Gasteiger partial charge is 0.312 e. The monoisotopic (exact) mass is 344 g/mol. The van der Waals surface area contributed by atoms with Crippen LogP contribution in [0.15, 0.2) is 41.0 Å². The first kappa shape index (κ1) is 14.7. The van der Waals surface area contributed by atoms with Gasteiger partial charge in [0.1, 0.15) is 0 Å². The molecule has 2 atom stereocenters. The molecule has 1 aliphatic carbocycles. The molecule has 0 radical (unpaired) electrons. The lowest BCUT2D eigenvalue weighted by Crippen LogP contribution is -2.27. The highest BCUT2D eigenvalue weighted by molar-refractivity contribution is 9.10. The lowest BCUT2D eigenvalue weighted by atomic mass is 9.79. The van der Waals surface area contributed by atoms with Crippen molar-refractivity contribution in [2.75, 3.05) is 7.05 Å². The van der Waals surface area contributed by atoms with E-state index in [1.54, 1.807) is 0 Å². The van der Waals surface area contributed by atoms with Gasteiger partial charge in [-0.15, -0.1) is 0 Å². The molecule has 110 valence electrons. The van der Waals surface area contributed by atoms with Crippen LogP contribution in [0.25, 0.3) is 0 Å². The predicted octanol–water partition coefficient (Wildman–Crippen LogP) is 4.53. The van der Waals surface area contributed by atoms with E-state index in [1.165, 1.54) is 39.7 Å². The Hall–Kier alpha value is -1.19. The minimum Gasteiger partial charge on any atom is -0.312 e. The number of fused-ring (bicyclic) bond motifs is 1. The summed E-state index contributed by atoms with van der Waals surface area (Å²) in [6.45, 7) is 2.15. The third-order valence-corrected chi connectivity index (χ3v) is 5.38. The van der Waals surface area contributed by atoms with Gasteiger partial charge in [0.2, 0.25) is 0 Å². The molecule has 0 bridgehead atoms. The highest BCUT2D eigenvalue weighted by atomic mass is 79.9. The van der Waals surface area contributed by atoms with Gasteiger partial charge in [-0.3, -0.25) is 4.98 Å². The second-order valence-electron chi connectivity index (χ2n) is 5.82. The van der Waals surface area contributed by atoms with Gasteiger partial charge >= 0.3 is 0 Å². The molecule has 2 aromatic rings. The average molecular weight is 345 g/mol. The van der Waals surface area contributed by atoms with Crippen LogP contribution in [0, 0.1) is 6.92 Å². The zero-order valence-electron chi connectivity index (χ0n) is 12.6. The number of nitrogens with one attached hydrogen (secondary N) is 1. The molecular weight excluding hydrogens is 324 g/mol. The fraction of sp³-hybridized carbons (Fsp3) is 0.389. The minimum absolute atomic E-state index is 0.325. The van der Waals surface area contributed by atoms with Crippen LogP contribution in [0.4, 0.5) is 0 Å². The number of likely N-dealkylation sites (N-methyl/N-ethyl adjacent to an activating group) is 1. The summed E-state index contributed by atoms with van der Waals surface area (Å²) in [6.07, 6.45) is 5.54. The van der Waals surface area contributed by atoms with Gasteiger partial charge in [-0.05, 0) is 62.1 Å². The topological polar surface area (TPSA) is 24.9 Å². The number of aryl methyl sites for hydroxylation is 2. The summed E-state index contributed by atoms with van der Waals surface area (Å²) in [5, 5.41) is 3.52. The molecule has 0 saturated carbocycles. The maximum atomic E-state index is 4.69. The number of nitrogens with zero attached hydrogens (tertiary/aromatic N) is 1. The van der Waals surface area contributed by atoms with Crippen molar-refractivity contribution in [3.63, 3.8) is 0 Å². The van der Waals surface area contributed by atoms with E-state index in [0.29, 0.717) is 12.0 Å². The minimum atomic E-state index is 0.325. The van der Waals surface area contributed by atoms with Crippen LogP contribution in [0.2, 0.25) is 0 Å². The number of halogens is 1. The standard InChI is InChI=1S/C18H21BrN2/c1-12-11-14(8-9-16(12)19)17(20-2)15-7-3-5-13-6-4-10-21-18(13)15/h4,6,8-11,15,17,20H,3,5,7H2,1-2H3. The van der Waals surface area contributed by atoms with Gasteiger partial charge in [0.05, 0.1) is 0 Å². The lowest BCUT2D eigenvalue weighted by molar-refractivity contribution is 0.415. The molecule has 3 heteroatoms. The number of hydrogen-bond donors (Lipinski definition) is 1. The Labute approximate surface area is 135 Å². The van der Waals surface area contributed by atoms with E-state index < -0.39 is 0 Å². The third kappa shape index (κ3) is 2.90. The quantitative estimate of drug-likeness (QED) is 0.884. The fourth-order valence-electron chi connectivity index (χ4n) is 3.43. The molecule has 21 heavy (non-hydrogen) atoms. The SMILES string of the molecule is CNC(c1ccc(Br)c(C)c1)C1CCCc2cccnc21. The summed E-state index contributed by atoms with van der Waals surface area (Å²) in [5.74, 6) is 0.459. The molecule has 0 fully saturated rings. The van der Waals surface area contributed by atoms with Crippen molar-refractivity contribution in [3.8, 4) is 0 Å². The lowest BCUT2D eigenvalue weighted by Gasteiger charge is -2.31. The molecule has 3 rings (SSSR count). The molecule has 0 spiro atoms. The molecule has 1 heterocycles. The smallest absolute Gasteiger partial charge is 0.0485 e. The van der Waals surface area contributed by atoms with Gasteiger partial charge in [-0.25, -0.2) is 0 Å². The summed E-state index contributed by atoms with van der Waals surface area (Å²) in [7, 11) is 2.05. The molecule has 1 aromatic carbocycles. The molecule has 2 unspecified atom stereocenters. The van der Waals surface area contributed by atoms with Gasteiger partial charge in [-0.1, -0.05) is 34.1 Å². The van der Waals surface area contributed by atoms with Crippen molar-refractivity contribution in [1.29, 1.82) is 0 Å². The van der Waals surface area contributed by atoms with Crippen LogP contribution in [-0.2, 0) is 6.42 Å². The molecule has 0 amide bonds. The number of benzene rings is 1. The van der Waals surface area contributed by atoms with Crippen LogP contribution in [-0.4, -0.2) is 12.0 Å². The third-order valence-electron chi connectivity index (χ3n) is 4.49. The van der Waals surface area contributed by atoms with Gasteiger partial charge in [-0.2, -0.15) is 0 Å². The molecular formula is C18H21BrN2. The van der Waals surface area contributed by atoms with Crippen molar-refractivity contribution in [2.24, 2.45) is 0 Å². The van der Waals surface area contributed by atoms with Crippen molar-refractivity contribution in [1.82, 2.24) is 10.3 Å². The molecule has 1 aliphatic rings. The highest BCUT2D eigenvalue weighted by Crippen LogP contribution is 2.39. The second-order valence-corrected chi connectivity index (χ2v) is 6.68. The Morgan fingerprint density at radius 2 is 2.19 bits per heavy atom. The summed E-state index contributed by atoms with van der Waals surface area (Å²) < 4.78 is 1.17. The second kappa shape index (κ2) is 6.29. The Kier molecular flexibility index (Phi) is 4.41. The number of rotatable bonds is 3. The molecule has 1 N–H and O–H groups in total. The van der Waals surface area contributed by atoms with Crippen molar-refractivity contribution in [2.45, 2.75) is 38.1 Å². The maximum absolute atomic E-state index is 4.69. The Morgan fingerprint density at radius 1 is 1.33 bits per heavy atom. The molecule has 0 aliphatic heterocycles.